The summed E-state index contributed by atoms with van der Waals surface area (Å²) in [7, 11) is -1.65. The van der Waals surface area contributed by atoms with Crippen molar-refractivity contribution in [1.29, 1.82) is 0 Å². The Labute approximate surface area is 143 Å². The van der Waals surface area contributed by atoms with E-state index in [1.54, 1.807) is 13.8 Å². The molecule has 0 spiro atoms. The lowest BCUT2D eigenvalue weighted by Crippen LogP contribution is -2.59. The normalized spacial score (nSPS) is 12.6. The molecule has 1 rings (SSSR count). The van der Waals surface area contributed by atoms with Crippen LogP contribution >= 0.6 is 0 Å². The van der Waals surface area contributed by atoms with E-state index in [0.717, 1.165) is 5.56 Å². The van der Waals surface area contributed by atoms with Crippen molar-refractivity contribution < 1.29 is 19.6 Å². The molecule has 2 amide bonds. The zero-order valence-corrected chi connectivity index (χ0v) is 14.7. The predicted molar refractivity (Wildman–Crippen MR) is 93.9 cm³/mol. The van der Waals surface area contributed by atoms with Gasteiger partial charge in [0, 0.05) is 0 Å². The minimum atomic E-state index is -1.65. The van der Waals surface area contributed by atoms with E-state index in [2.05, 4.69) is 10.6 Å². The summed E-state index contributed by atoms with van der Waals surface area (Å²) in [6, 6.07) is 9.24. The van der Waals surface area contributed by atoms with Gasteiger partial charge in [0.2, 0.25) is 11.8 Å². The first-order valence-corrected chi connectivity index (χ1v) is 8.14. The zero-order chi connectivity index (χ0) is 18.3. The highest BCUT2D eigenvalue weighted by Crippen LogP contribution is 2.10. The maximum Gasteiger partial charge on any atom is 0.475 e. The van der Waals surface area contributed by atoms with E-state index in [4.69, 9.17) is 0 Å². The molecule has 0 saturated heterocycles. The summed E-state index contributed by atoms with van der Waals surface area (Å²) in [5.41, 5.74) is -0.301. The Bertz CT molecular complexity index is 547. The smallest absolute Gasteiger partial charge is 0.426 e. The van der Waals surface area contributed by atoms with Crippen LogP contribution in [0.25, 0.3) is 0 Å². The third-order valence-corrected chi connectivity index (χ3v) is 3.63. The number of carbonyl (C=O) groups is 2. The maximum absolute atomic E-state index is 12.4. The molecule has 1 aromatic carbocycles. The molecule has 132 valence electrons. The van der Waals surface area contributed by atoms with E-state index in [-0.39, 0.29) is 18.2 Å². The van der Waals surface area contributed by atoms with Crippen LogP contribution in [0.3, 0.4) is 0 Å². The molecule has 0 aromatic heterocycles. The number of carbonyl (C=O) groups excluding carboxylic acids is 2. The number of rotatable bonds is 8. The minimum absolute atomic E-state index is 0.176. The Morgan fingerprint density at radius 3 is 2.25 bits per heavy atom. The van der Waals surface area contributed by atoms with Crippen molar-refractivity contribution in [3.8, 4) is 0 Å². The van der Waals surface area contributed by atoms with Crippen molar-refractivity contribution in [2.75, 3.05) is 0 Å². The van der Waals surface area contributed by atoms with Gasteiger partial charge in [-0.15, -0.1) is 0 Å². The van der Waals surface area contributed by atoms with Gasteiger partial charge in [-0.1, -0.05) is 44.2 Å². The molecule has 0 aliphatic heterocycles. The summed E-state index contributed by atoms with van der Waals surface area (Å²) >= 11 is 0. The molecule has 24 heavy (non-hydrogen) atoms. The van der Waals surface area contributed by atoms with Crippen LogP contribution in [0.2, 0.25) is 0 Å². The summed E-state index contributed by atoms with van der Waals surface area (Å²) in [5.74, 6) is -1.32. The average Bonchev–Trinajstić information content (AvgIpc) is 2.46. The Morgan fingerprint density at radius 2 is 1.75 bits per heavy atom. The average molecular weight is 334 g/mol. The van der Waals surface area contributed by atoms with Gasteiger partial charge in [0.25, 0.3) is 0 Å². The van der Waals surface area contributed by atoms with Gasteiger partial charge in [-0.2, -0.15) is 0 Å². The quantitative estimate of drug-likeness (QED) is 0.525. The van der Waals surface area contributed by atoms with Crippen molar-refractivity contribution in [2.24, 2.45) is 5.92 Å². The largest absolute Gasteiger partial charge is 0.475 e. The molecule has 0 saturated carbocycles. The molecule has 0 aliphatic carbocycles. The lowest BCUT2D eigenvalue weighted by molar-refractivity contribution is -0.132. The molecule has 6 nitrogen and oxygen atoms in total. The van der Waals surface area contributed by atoms with E-state index < -0.39 is 24.5 Å². The van der Waals surface area contributed by atoms with Crippen LogP contribution < -0.4 is 10.6 Å². The molecule has 0 aliphatic rings. The van der Waals surface area contributed by atoms with Crippen LogP contribution in [-0.2, 0) is 16.0 Å². The van der Waals surface area contributed by atoms with Gasteiger partial charge < -0.3 is 20.7 Å². The van der Waals surface area contributed by atoms with Crippen molar-refractivity contribution in [2.45, 2.75) is 52.0 Å². The highest BCUT2D eigenvalue weighted by atomic mass is 16.4. The number of nitrogens with one attached hydrogen (secondary N) is 2. The summed E-state index contributed by atoms with van der Waals surface area (Å²) < 4.78 is 0. The highest BCUT2D eigenvalue weighted by Gasteiger charge is 2.34. The molecular formula is C17H27BN2O4. The first-order chi connectivity index (χ1) is 11.1. The first kappa shape index (κ1) is 20.2. The van der Waals surface area contributed by atoms with Gasteiger partial charge in [-0.05, 0) is 31.7 Å². The molecule has 1 unspecified atom stereocenters. The third kappa shape index (κ3) is 6.72. The first-order valence-electron chi connectivity index (χ1n) is 8.14. The van der Waals surface area contributed by atoms with E-state index in [0.29, 0.717) is 6.42 Å². The molecule has 0 fully saturated rings. The molecule has 4 N–H and O–H groups in total. The van der Waals surface area contributed by atoms with Crippen LogP contribution in [0.5, 0.6) is 0 Å². The Balaban J connectivity index is 2.65. The van der Waals surface area contributed by atoms with Crippen LogP contribution in [0.1, 0.15) is 39.7 Å². The second-order valence-electron chi connectivity index (χ2n) is 6.96. The van der Waals surface area contributed by atoms with E-state index >= 15 is 0 Å². The molecule has 0 bridgehead atoms. The van der Waals surface area contributed by atoms with Crippen molar-refractivity contribution >= 4 is 18.9 Å². The van der Waals surface area contributed by atoms with Crippen LogP contribution in [0.15, 0.2) is 30.3 Å². The zero-order valence-electron chi connectivity index (χ0n) is 14.7. The van der Waals surface area contributed by atoms with Crippen molar-refractivity contribution in [3.05, 3.63) is 35.9 Å². The second-order valence-corrected chi connectivity index (χ2v) is 6.96. The molecule has 7 heteroatoms. The summed E-state index contributed by atoms with van der Waals surface area (Å²) in [6.45, 7) is 7.02. The highest BCUT2D eigenvalue weighted by molar-refractivity contribution is 6.43. The standard InChI is InChI=1S/C17H27BN2O4/c1-12(2)10-14(18(23)24)19-16(22)17(3,4)20-15(21)11-13-8-6-5-7-9-13/h5-9,12,14,23-24H,10-11H2,1-4H3,(H,19,22)(H,20,21). The molecule has 1 aromatic rings. The summed E-state index contributed by atoms with van der Waals surface area (Å²) in [5, 5.41) is 24.1. The maximum atomic E-state index is 12.4. The summed E-state index contributed by atoms with van der Waals surface area (Å²) in [4.78, 5) is 24.5. The molecule has 1 atom stereocenters. The van der Waals surface area contributed by atoms with E-state index in [1.807, 2.05) is 44.2 Å². The van der Waals surface area contributed by atoms with Crippen LogP contribution in [0, 0.1) is 5.92 Å². The van der Waals surface area contributed by atoms with Gasteiger partial charge in [0.15, 0.2) is 0 Å². The fourth-order valence-corrected chi connectivity index (χ4v) is 2.34. The monoisotopic (exact) mass is 334 g/mol. The number of hydrogen-bond acceptors (Lipinski definition) is 4. The lowest BCUT2D eigenvalue weighted by Gasteiger charge is -2.29. The number of benzene rings is 1. The van der Waals surface area contributed by atoms with E-state index in [1.165, 1.54) is 0 Å². The minimum Gasteiger partial charge on any atom is -0.426 e. The number of hydrogen-bond donors (Lipinski definition) is 4. The lowest BCUT2D eigenvalue weighted by atomic mass is 9.74. The van der Waals surface area contributed by atoms with E-state index in [9.17, 15) is 19.6 Å². The van der Waals surface area contributed by atoms with Gasteiger partial charge in [-0.25, -0.2) is 0 Å². The van der Waals surface area contributed by atoms with Gasteiger partial charge in [0.1, 0.15) is 5.54 Å². The Morgan fingerprint density at radius 1 is 1.17 bits per heavy atom. The fourth-order valence-electron chi connectivity index (χ4n) is 2.34. The molecular weight excluding hydrogens is 307 g/mol. The number of amides is 2. The Kier molecular flexibility index (Phi) is 7.44. The SMILES string of the molecule is CC(C)CC(NC(=O)C(C)(C)NC(=O)Cc1ccccc1)B(O)O. The van der Waals surface area contributed by atoms with Crippen molar-refractivity contribution in [3.63, 3.8) is 0 Å². The van der Waals surface area contributed by atoms with Crippen LogP contribution in [-0.4, -0.2) is 40.5 Å². The van der Waals surface area contributed by atoms with Crippen molar-refractivity contribution in [1.82, 2.24) is 10.6 Å². The van der Waals surface area contributed by atoms with Gasteiger partial charge in [0.05, 0.1) is 12.4 Å². The van der Waals surface area contributed by atoms with Crippen LogP contribution in [0.4, 0.5) is 0 Å². The topological polar surface area (TPSA) is 98.7 Å². The van der Waals surface area contributed by atoms with Gasteiger partial charge in [-0.3, -0.25) is 9.59 Å². The molecule has 0 heterocycles. The third-order valence-electron chi connectivity index (χ3n) is 3.63. The van der Waals surface area contributed by atoms with Gasteiger partial charge >= 0.3 is 7.12 Å². The second kappa shape index (κ2) is 8.85. The predicted octanol–water partition coefficient (Wildman–Crippen LogP) is 0.667. The summed E-state index contributed by atoms with van der Waals surface area (Å²) in [6.07, 6.45) is 0.604. The fraction of sp³-hybridized carbons (Fsp3) is 0.529. The Hall–Kier alpha value is -1.86. The molecule has 0 radical (unpaired) electrons.